The summed E-state index contributed by atoms with van der Waals surface area (Å²) in [6.45, 7) is 4.59. The molecule has 6 N–H and O–H groups in total. The number of carbonyl (C=O) groups excluding carboxylic acids is 2. The molecule has 31 heavy (non-hydrogen) atoms. The summed E-state index contributed by atoms with van der Waals surface area (Å²) in [6.07, 6.45) is 1.21. The molecule has 1 aromatic heterocycles. The van der Waals surface area contributed by atoms with E-state index in [1.807, 2.05) is 31.2 Å². The molecule has 10 heteroatoms. The Labute approximate surface area is 187 Å². The fourth-order valence-electron chi connectivity index (χ4n) is 2.96. The molecule has 0 aliphatic carbocycles. The first-order valence-corrected chi connectivity index (χ1v) is 10.5. The molecule has 0 spiro atoms. The Morgan fingerprint density at radius 3 is 2.35 bits per heavy atom. The number of carbonyl (C=O) groups is 2. The number of benzene rings is 1. The van der Waals surface area contributed by atoms with Crippen LogP contribution < -0.4 is 22.1 Å². The number of nitrogen functional groups attached to an aromatic ring is 2. The second-order valence-corrected chi connectivity index (χ2v) is 8.50. The monoisotopic (exact) mass is 448 g/mol. The Kier molecular flexibility index (Phi) is 8.58. The number of likely N-dealkylation sites (N-methyl/N-ethyl adjacent to an activating group) is 1. The van der Waals surface area contributed by atoms with Crippen molar-refractivity contribution in [3.63, 3.8) is 0 Å². The molecular weight excluding hydrogens is 418 g/mol. The van der Waals surface area contributed by atoms with E-state index in [0.29, 0.717) is 30.5 Å². The average Bonchev–Trinajstić information content (AvgIpc) is 2.69. The Bertz CT molecular complexity index is 917. The Balaban J connectivity index is 1.68. The number of nitrogens with two attached hydrogens (primary N) is 2. The van der Waals surface area contributed by atoms with Crippen LogP contribution in [-0.2, 0) is 11.2 Å². The van der Waals surface area contributed by atoms with E-state index >= 15 is 0 Å². The number of quaternary nitrogens is 1. The number of amides is 2. The molecule has 2 rings (SSSR count). The lowest BCUT2D eigenvalue weighted by molar-refractivity contribution is -0.889. The fourth-order valence-corrected chi connectivity index (χ4v) is 3.09. The van der Waals surface area contributed by atoms with E-state index in [0.717, 1.165) is 18.5 Å². The van der Waals surface area contributed by atoms with Crippen LogP contribution in [0.3, 0.4) is 0 Å². The first kappa shape index (κ1) is 24.4. The van der Waals surface area contributed by atoms with Crippen LogP contribution in [-0.4, -0.2) is 66.5 Å². The number of hydrogen-bond acceptors (Lipinski definition) is 6. The van der Waals surface area contributed by atoms with Gasteiger partial charge in [-0.1, -0.05) is 41.4 Å². The molecule has 0 saturated carbocycles. The predicted molar refractivity (Wildman–Crippen MR) is 123 cm³/mol. The SMILES string of the molecule is Cc1ccc(CC(=O)NCCC[N+](C)(C)CCNC(=O)c2nc(Cl)c(N)nc2N)cc1. The molecule has 0 radical (unpaired) electrons. The molecule has 0 aliphatic heterocycles. The number of nitrogens with zero attached hydrogens (tertiary/aromatic N) is 3. The normalized spacial score (nSPS) is 11.2. The highest BCUT2D eigenvalue weighted by Crippen LogP contribution is 2.17. The van der Waals surface area contributed by atoms with Crippen molar-refractivity contribution >= 4 is 35.1 Å². The quantitative estimate of drug-likeness (QED) is 0.318. The average molecular weight is 449 g/mol. The van der Waals surface area contributed by atoms with Gasteiger partial charge >= 0.3 is 0 Å². The van der Waals surface area contributed by atoms with Crippen molar-refractivity contribution in [2.45, 2.75) is 19.8 Å². The van der Waals surface area contributed by atoms with Crippen molar-refractivity contribution in [1.29, 1.82) is 0 Å². The van der Waals surface area contributed by atoms with Crippen molar-refractivity contribution in [3.05, 3.63) is 46.2 Å². The summed E-state index contributed by atoms with van der Waals surface area (Å²) in [5, 5.41) is 5.68. The summed E-state index contributed by atoms with van der Waals surface area (Å²) in [5.74, 6) is -0.508. The minimum atomic E-state index is -0.449. The second-order valence-electron chi connectivity index (χ2n) is 8.14. The first-order chi connectivity index (χ1) is 14.6. The van der Waals surface area contributed by atoms with E-state index in [1.54, 1.807) is 0 Å². The molecule has 0 atom stereocenters. The molecular formula is C21H31ClN7O2+. The van der Waals surface area contributed by atoms with Gasteiger partial charge < -0.3 is 26.6 Å². The van der Waals surface area contributed by atoms with Gasteiger partial charge in [0, 0.05) is 13.0 Å². The van der Waals surface area contributed by atoms with Gasteiger partial charge in [-0.25, -0.2) is 9.97 Å². The number of nitrogens with one attached hydrogen (secondary N) is 2. The molecule has 1 aromatic carbocycles. The third kappa shape index (κ3) is 8.03. The van der Waals surface area contributed by atoms with Crippen LogP contribution >= 0.6 is 11.6 Å². The minimum absolute atomic E-state index is 0.0144. The Morgan fingerprint density at radius 2 is 1.68 bits per heavy atom. The van der Waals surface area contributed by atoms with Gasteiger partial charge in [-0.15, -0.1) is 0 Å². The van der Waals surface area contributed by atoms with Crippen molar-refractivity contribution < 1.29 is 14.1 Å². The van der Waals surface area contributed by atoms with Crippen molar-refractivity contribution in [3.8, 4) is 0 Å². The van der Waals surface area contributed by atoms with Crippen molar-refractivity contribution in [2.24, 2.45) is 0 Å². The fraction of sp³-hybridized carbons (Fsp3) is 0.429. The van der Waals surface area contributed by atoms with Gasteiger partial charge in [-0.3, -0.25) is 9.59 Å². The summed E-state index contributed by atoms with van der Waals surface area (Å²) in [6, 6.07) is 7.95. The lowest BCUT2D eigenvalue weighted by Gasteiger charge is -2.30. The largest absolute Gasteiger partial charge is 0.382 e. The highest BCUT2D eigenvalue weighted by molar-refractivity contribution is 6.31. The maximum Gasteiger partial charge on any atom is 0.273 e. The minimum Gasteiger partial charge on any atom is -0.382 e. The molecule has 0 fully saturated rings. The van der Waals surface area contributed by atoms with Gasteiger partial charge in [-0.05, 0) is 12.5 Å². The lowest BCUT2D eigenvalue weighted by atomic mass is 10.1. The van der Waals surface area contributed by atoms with E-state index in [2.05, 4.69) is 34.7 Å². The molecule has 1 heterocycles. The van der Waals surface area contributed by atoms with E-state index in [-0.39, 0.29) is 28.4 Å². The Morgan fingerprint density at radius 1 is 1.00 bits per heavy atom. The first-order valence-electron chi connectivity index (χ1n) is 10.1. The number of aryl methyl sites for hydroxylation is 1. The van der Waals surface area contributed by atoms with Gasteiger partial charge in [-0.2, -0.15) is 0 Å². The molecule has 0 bridgehead atoms. The van der Waals surface area contributed by atoms with E-state index in [4.69, 9.17) is 23.1 Å². The molecule has 2 amide bonds. The number of halogens is 1. The predicted octanol–water partition coefficient (Wildman–Crippen LogP) is 1.16. The van der Waals surface area contributed by atoms with E-state index in [9.17, 15) is 9.59 Å². The topological polar surface area (TPSA) is 136 Å². The summed E-state index contributed by atoms with van der Waals surface area (Å²) in [7, 11) is 4.13. The zero-order chi connectivity index (χ0) is 23.0. The zero-order valence-corrected chi connectivity index (χ0v) is 19.0. The van der Waals surface area contributed by atoms with Gasteiger partial charge in [0.1, 0.15) is 0 Å². The summed E-state index contributed by atoms with van der Waals surface area (Å²) in [4.78, 5) is 32.0. The van der Waals surface area contributed by atoms with Gasteiger partial charge in [0.2, 0.25) is 5.91 Å². The molecule has 0 saturated heterocycles. The van der Waals surface area contributed by atoms with E-state index in [1.165, 1.54) is 5.56 Å². The Hall–Kier alpha value is -2.91. The van der Waals surface area contributed by atoms with Crippen molar-refractivity contribution in [1.82, 2.24) is 20.6 Å². The molecule has 0 unspecified atom stereocenters. The standard InChI is InChI=1S/C21H30ClN7O2/c1-14-5-7-15(8-6-14)13-16(30)25-9-4-11-29(2,3)12-10-26-21(31)17-19(23)28-20(24)18(22)27-17/h5-8H,4,9-13H2,1-3H3,(H5-,23,24,25,26,28,30,31)/p+1. The molecule has 168 valence electrons. The van der Waals surface area contributed by atoms with Crippen LogP contribution in [0.4, 0.5) is 11.6 Å². The third-order valence-corrected chi connectivity index (χ3v) is 5.15. The smallest absolute Gasteiger partial charge is 0.273 e. The lowest BCUT2D eigenvalue weighted by Crippen LogP contribution is -2.46. The maximum absolute atomic E-state index is 12.3. The maximum atomic E-state index is 12.3. The number of aromatic nitrogens is 2. The van der Waals surface area contributed by atoms with Crippen LogP contribution in [0.1, 0.15) is 28.0 Å². The molecule has 2 aromatic rings. The van der Waals surface area contributed by atoms with Crippen LogP contribution in [0.25, 0.3) is 0 Å². The van der Waals surface area contributed by atoms with Crippen LogP contribution in [0.5, 0.6) is 0 Å². The summed E-state index contributed by atoms with van der Waals surface area (Å²) in [5.41, 5.74) is 13.4. The van der Waals surface area contributed by atoms with Crippen LogP contribution in [0, 0.1) is 6.92 Å². The van der Waals surface area contributed by atoms with E-state index < -0.39 is 5.91 Å². The molecule has 0 aliphatic rings. The van der Waals surface area contributed by atoms with Crippen molar-refractivity contribution in [2.75, 3.05) is 51.7 Å². The number of rotatable bonds is 10. The highest BCUT2D eigenvalue weighted by Gasteiger charge is 2.18. The van der Waals surface area contributed by atoms with Gasteiger partial charge in [0.25, 0.3) is 5.91 Å². The van der Waals surface area contributed by atoms with Gasteiger partial charge in [0.05, 0.1) is 40.2 Å². The van der Waals surface area contributed by atoms with Gasteiger partial charge in [0.15, 0.2) is 22.5 Å². The van der Waals surface area contributed by atoms with Crippen LogP contribution in [0.15, 0.2) is 24.3 Å². The van der Waals surface area contributed by atoms with Crippen LogP contribution in [0.2, 0.25) is 5.15 Å². The second kappa shape index (κ2) is 10.9. The molecule has 9 nitrogen and oxygen atoms in total. The third-order valence-electron chi connectivity index (χ3n) is 4.87. The highest BCUT2D eigenvalue weighted by atomic mass is 35.5. The zero-order valence-electron chi connectivity index (χ0n) is 18.2. The number of anilines is 2. The number of hydrogen-bond donors (Lipinski definition) is 4. The summed E-state index contributed by atoms with van der Waals surface area (Å²) >= 11 is 5.81. The summed E-state index contributed by atoms with van der Waals surface area (Å²) < 4.78 is 0.678.